The van der Waals surface area contributed by atoms with Gasteiger partial charge in [0.1, 0.15) is 5.58 Å². The van der Waals surface area contributed by atoms with Gasteiger partial charge in [-0.3, -0.25) is 0 Å². The molecule has 202 valence electrons. The minimum Gasteiger partial charge on any atom is -0.454 e. The number of para-hydroxylation sites is 3. The topological polar surface area (TPSA) is 30.1 Å². The van der Waals surface area contributed by atoms with Crippen molar-refractivity contribution >= 4 is 65.9 Å². The molecule has 2 aromatic heterocycles. The van der Waals surface area contributed by atoms with Crippen molar-refractivity contribution in [3.8, 4) is 16.8 Å². The van der Waals surface area contributed by atoms with E-state index >= 15 is 0 Å². The van der Waals surface area contributed by atoms with Gasteiger partial charge in [-0.05, 0) is 59.0 Å². The summed E-state index contributed by atoms with van der Waals surface area (Å²) < 4.78 is 8.64. The van der Waals surface area contributed by atoms with Crippen LogP contribution in [-0.4, -0.2) is 4.57 Å². The highest BCUT2D eigenvalue weighted by molar-refractivity contribution is 6.12. The zero-order valence-electron chi connectivity index (χ0n) is 23.3. The first kappa shape index (κ1) is 23.9. The summed E-state index contributed by atoms with van der Waals surface area (Å²) in [5.41, 5.74) is 9.72. The van der Waals surface area contributed by atoms with Gasteiger partial charge in [0.05, 0.1) is 22.4 Å². The first-order chi connectivity index (χ1) is 21.3. The molecule has 0 aliphatic carbocycles. The van der Waals surface area contributed by atoms with Crippen LogP contribution < -0.4 is 5.32 Å². The van der Waals surface area contributed by atoms with E-state index in [9.17, 15) is 0 Å². The van der Waals surface area contributed by atoms with E-state index in [0.29, 0.717) is 0 Å². The Hall–Kier alpha value is -5.80. The zero-order chi connectivity index (χ0) is 28.3. The molecule has 0 aliphatic heterocycles. The van der Waals surface area contributed by atoms with Crippen LogP contribution in [0.4, 0.5) is 11.4 Å². The Bertz CT molecular complexity index is 2480. The highest BCUT2D eigenvalue weighted by Crippen LogP contribution is 2.38. The van der Waals surface area contributed by atoms with Gasteiger partial charge in [0.25, 0.3) is 0 Å². The maximum absolute atomic E-state index is 6.22. The minimum atomic E-state index is 0.875. The molecule has 0 fully saturated rings. The smallest absolute Gasteiger partial charge is 0.158 e. The Morgan fingerprint density at radius 3 is 2.05 bits per heavy atom. The minimum absolute atomic E-state index is 0.875. The van der Waals surface area contributed by atoms with Crippen molar-refractivity contribution in [3.05, 3.63) is 152 Å². The summed E-state index contributed by atoms with van der Waals surface area (Å²) in [6, 6.07) is 53.8. The fraction of sp³-hybridized carbons (Fsp3) is 0. The molecule has 1 N–H and O–H groups in total. The lowest BCUT2D eigenvalue weighted by atomic mass is 10.0. The number of benzene rings is 7. The van der Waals surface area contributed by atoms with E-state index in [0.717, 1.165) is 33.3 Å². The highest BCUT2D eigenvalue weighted by Gasteiger charge is 2.15. The number of rotatable bonds is 4. The zero-order valence-corrected chi connectivity index (χ0v) is 23.3. The maximum Gasteiger partial charge on any atom is 0.158 e. The Kier molecular flexibility index (Phi) is 5.20. The van der Waals surface area contributed by atoms with E-state index in [2.05, 4.69) is 149 Å². The molecule has 0 saturated carbocycles. The van der Waals surface area contributed by atoms with Gasteiger partial charge >= 0.3 is 0 Å². The summed E-state index contributed by atoms with van der Waals surface area (Å²) in [6.45, 7) is 0. The largest absolute Gasteiger partial charge is 0.454 e. The quantitative estimate of drug-likeness (QED) is 0.236. The molecule has 0 amide bonds. The normalized spacial score (nSPS) is 11.7. The van der Waals surface area contributed by atoms with Gasteiger partial charge < -0.3 is 14.3 Å². The van der Waals surface area contributed by atoms with Gasteiger partial charge in [-0.15, -0.1) is 0 Å². The van der Waals surface area contributed by atoms with Crippen molar-refractivity contribution < 1.29 is 4.42 Å². The van der Waals surface area contributed by atoms with Crippen LogP contribution in [0.3, 0.4) is 0 Å². The Labute approximate surface area is 248 Å². The summed E-state index contributed by atoms with van der Waals surface area (Å²) in [5.74, 6) is 0. The van der Waals surface area contributed by atoms with E-state index in [1.54, 1.807) is 0 Å². The molecular weight excluding hydrogens is 524 g/mol. The SMILES string of the molecule is c1ccc2c(-n3c4ccccc4c4ccc(-c5ccc(Nc6cccc7c6oc6ccccc67)cc5)cc43)cccc2c1. The Morgan fingerprint density at radius 2 is 1.14 bits per heavy atom. The number of hydrogen-bond acceptors (Lipinski definition) is 2. The number of aromatic nitrogens is 1. The van der Waals surface area contributed by atoms with Gasteiger partial charge in [0.15, 0.2) is 5.58 Å². The first-order valence-electron chi connectivity index (χ1n) is 14.6. The van der Waals surface area contributed by atoms with E-state index < -0.39 is 0 Å². The van der Waals surface area contributed by atoms with Gasteiger partial charge in [-0.25, -0.2) is 0 Å². The number of fused-ring (bicyclic) bond motifs is 7. The Balaban J connectivity index is 1.13. The average Bonchev–Trinajstić information content (AvgIpc) is 3.61. The number of anilines is 2. The van der Waals surface area contributed by atoms with Crippen molar-refractivity contribution in [2.45, 2.75) is 0 Å². The Morgan fingerprint density at radius 1 is 0.465 bits per heavy atom. The summed E-state index contributed by atoms with van der Waals surface area (Å²) in [7, 11) is 0. The number of nitrogens with zero attached hydrogens (tertiary/aromatic N) is 1. The van der Waals surface area contributed by atoms with E-state index in [1.165, 1.54) is 49.4 Å². The van der Waals surface area contributed by atoms with Crippen molar-refractivity contribution in [1.29, 1.82) is 0 Å². The summed E-state index contributed by atoms with van der Waals surface area (Å²) >= 11 is 0. The van der Waals surface area contributed by atoms with Crippen LogP contribution in [0.15, 0.2) is 156 Å². The standard InChI is InChI=1S/C40H26N2O/c1-2-11-30-27(9-1)10-7-17-36(30)42-37-16-5-3-12-31(37)32-24-21-28(25-38(32)42)26-19-22-29(23-20-26)41-35-15-8-14-34-33-13-4-6-18-39(33)43-40(34)35/h1-25,41H. The molecule has 7 aromatic carbocycles. The lowest BCUT2D eigenvalue weighted by Crippen LogP contribution is -1.95. The number of hydrogen-bond donors (Lipinski definition) is 1. The first-order valence-corrected chi connectivity index (χ1v) is 14.6. The van der Waals surface area contributed by atoms with Gasteiger partial charge in [-0.1, -0.05) is 109 Å². The van der Waals surface area contributed by atoms with E-state index in [4.69, 9.17) is 4.42 Å². The second kappa shape index (κ2) is 9.37. The summed E-state index contributed by atoms with van der Waals surface area (Å²) in [5, 5.41) is 10.8. The van der Waals surface area contributed by atoms with E-state index in [1.807, 2.05) is 12.1 Å². The highest BCUT2D eigenvalue weighted by atomic mass is 16.3. The number of nitrogens with one attached hydrogen (secondary N) is 1. The second-order valence-corrected chi connectivity index (χ2v) is 11.1. The molecule has 0 saturated heterocycles. The molecule has 9 aromatic rings. The van der Waals surface area contributed by atoms with Crippen LogP contribution in [0, 0.1) is 0 Å². The second-order valence-electron chi connectivity index (χ2n) is 11.1. The fourth-order valence-electron chi connectivity index (χ4n) is 6.56. The van der Waals surface area contributed by atoms with Crippen LogP contribution >= 0.6 is 0 Å². The molecule has 0 spiro atoms. The van der Waals surface area contributed by atoms with Gasteiger partial charge in [0, 0.05) is 32.6 Å². The molecular formula is C40H26N2O. The third-order valence-corrected chi connectivity index (χ3v) is 8.58. The number of furan rings is 1. The van der Waals surface area contributed by atoms with Crippen LogP contribution in [0.25, 0.3) is 71.3 Å². The predicted octanol–water partition coefficient (Wildman–Crippen LogP) is 11.2. The molecule has 0 atom stereocenters. The van der Waals surface area contributed by atoms with Crippen LogP contribution in [0.5, 0.6) is 0 Å². The molecule has 0 aliphatic rings. The molecule has 0 unspecified atom stereocenters. The molecule has 0 radical (unpaired) electrons. The van der Waals surface area contributed by atoms with Crippen molar-refractivity contribution in [3.63, 3.8) is 0 Å². The lowest BCUT2D eigenvalue weighted by Gasteiger charge is -2.12. The monoisotopic (exact) mass is 550 g/mol. The van der Waals surface area contributed by atoms with Crippen molar-refractivity contribution in [2.24, 2.45) is 0 Å². The van der Waals surface area contributed by atoms with Crippen LogP contribution in [-0.2, 0) is 0 Å². The maximum atomic E-state index is 6.22. The molecule has 3 nitrogen and oxygen atoms in total. The van der Waals surface area contributed by atoms with Gasteiger partial charge in [-0.2, -0.15) is 0 Å². The third kappa shape index (κ3) is 3.75. The van der Waals surface area contributed by atoms with Gasteiger partial charge in [0.2, 0.25) is 0 Å². The average molecular weight is 551 g/mol. The molecule has 3 heteroatoms. The lowest BCUT2D eigenvalue weighted by molar-refractivity contribution is 0.670. The van der Waals surface area contributed by atoms with Crippen molar-refractivity contribution in [2.75, 3.05) is 5.32 Å². The van der Waals surface area contributed by atoms with E-state index in [-0.39, 0.29) is 0 Å². The summed E-state index contributed by atoms with van der Waals surface area (Å²) in [6.07, 6.45) is 0. The van der Waals surface area contributed by atoms with Crippen LogP contribution in [0.1, 0.15) is 0 Å². The molecule has 43 heavy (non-hydrogen) atoms. The molecule has 2 heterocycles. The summed E-state index contributed by atoms with van der Waals surface area (Å²) in [4.78, 5) is 0. The predicted molar refractivity (Wildman–Crippen MR) is 181 cm³/mol. The van der Waals surface area contributed by atoms with Crippen molar-refractivity contribution in [1.82, 2.24) is 4.57 Å². The third-order valence-electron chi connectivity index (χ3n) is 8.58. The molecule has 0 bridgehead atoms. The fourth-order valence-corrected chi connectivity index (χ4v) is 6.56. The molecule has 9 rings (SSSR count). The van der Waals surface area contributed by atoms with Crippen LogP contribution in [0.2, 0.25) is 0 Å².